The maximum absolute atomic E-state index is 5.36. The van der Waals surface area contributed by atoms with E-state index in [4.69, 9.17) is 4.74 Å². The van der Waals surface area contributed by atoms with E-state index < -0.39 is 0 Å². The molecule has 0 bridgehead atoms. The summed E-state index contributed by atoms with van der Waals surface area (Å²) >= 11 is 0. The van der Waals surface area contributed by atoms with Crippen molar-refractivity contribution in [3.63, 3.8) is 0 Å². The van der Waals surface area contributed by atoms with Crippen molar-refractivity contribution in [3.8, 4) is 0 Å². The molecule has 0 radical (unpaired) electrons. The van der Waals surface area contributed by atoms with E-state index in [0.29, 0.717) is 0 Å². The second-order valence-corrected chi connectivity index (χ2v) is 4.47. The first-order valence-corrected chi connectivity index (χ1v) is 5.76. The van der Waals surface area contributed by atoms with Gasteiger partial charge in [0.05, 0.1) is 6.61 Å². The standard InChI is InChI=1S/C11H21NO/c1-2-4-11(5-3-1)12-8-10-6-7-13-9-10/h10-12H,1-9H2/t10-/m0/s1. The van der Waals surface area contributed by atoms with Crippen LogP contribution in [0, 0.1) is 5.92 Å². The predicted molar refractivity (Wildman–Crippen MR) is 53.8 cm³/mol. The van der Waals surface area contributed by atoms with E-state index in [0.717, 1.165) is 25.2 Å². The molecule has 1 N–H and O–H groups in total. The van der Waals surface area contributed by atoms with Gasteiger partial charge < -0.3 is 10.1 Å². The Labute approximate surface area is 81.0 Å². The van der Waals surface area contributed by atoms with Gasteiger partial charge in [-0.25, -0.2) is 0 Å². The molecule has 2 nitrogen and oxygen atoms in total. The summed E-state index contributed by atoms with van der Waals surface area (Å²) in [5, 5.41) is 3.68. The minimum absolute atomic E-state index is 0.793. The van der Waals surface area contributed by atoms with Gasteiger partial charge in [-0.2, -0.15) is 0 Å². The van der Waals surface area contributed by atoms with Gasteiger partial charge in [0.1, 0.15) is 0 Å². The molecule has 2 rings (SSSR count). The average Bonchev–Trinajstić information content (AvgIpc) is 2.69. The third-order valence-electron chi connectivity index (χ3n) is 3.32. The van der Waals surface area contributed by atoms with Gasteiger partial charge in [-0.3, -0.25) is 0 Å². The number of hydrogen-bond acceptors (Lipinski definition) is 2. The highest BCUT2D eigenvalue weighted by molar-refractivity contribution is 4.75. The first kappa shape index (κ1) is 9.47. The van der Waals surface area contributed by atoms with Crippen molar-refractivity contribution in [2.24, 2.45) is 5.92 Å². The van der Waals surface area contributed by atoms with Crippen LogP contribution in [0.1, 0.15) is 38.5 Å². The van der Waals surface area contributed by atoms with Crippen molar-refractivity contribution >= 4 is 0 Å². The number of ether oxygens (including phenoxy) is 1. The van der Waals surface area contributed by atoms with E-state index in [2.05, 4.69) is 5.32 Å². The van der Waals surface area contributed by atoms with Crippen molar-refractivity contribution < 1.29 is 4.74 Å². The molecule has 1 atom stereocenters. The van der Waals surface area contributed by atoms with Crippen LogP contribution >= 0.6 is 0 Å². The van der Waals surface area contributed by atoms with E-state index in [9.17, 15) is 0 Å². The van der Waals surface area contributed by atoms with Crippen molar-refractivity contribution in [2.45, 2.75) is 44.6 Å². The minimum atomic E-state index is 0.793. The van der Waals surface area contributed by atoms with Gasteiger partial charge in [-0.1, -0.05) is 19.3 Å². The molecular formula is C11H21NO. The Morgan fingerprint density at radius 3 is 2.62 bits per heavy atom. The molecule has 1 saturated carbocycles. The summed E-state index contributed by atoms with van der Waals surface area (Å²) < 4.78 is 5.36. The van der Waals surface area contributed by atoms with Crippen LogP contribution in [0.2, 0.25) is 0 Å². The second-order valence-electron chi connectivity index (χ2n) is 4.47. The number of rotatable bonds is 3. The lowest BCUT2D eigenvalue weighted by atomic mass is 9.95. The first-order chi connectivity index (χ1) is 6.45. The second kappa shape index (κ2) is 4.97. The van der Waals surface area contributed by atoms with E-state index in [-0.39, 0.29) is 0 Å². The van der Waals surface area contributed by atoms with Crippen molar-refractivity contribution in [1.82, 2.24) is 5.32 Å². The molecule has 13 heavy (non-hydrogen) atoms. The molecule has 0 aromatic carbocycles. The zero-order valence-electron chi connectivity index (χ0n) is 8.43. The van der Waals surface area contributed by atoms with Crippen LogP contribution in [0.15, 0.2) is 0 Å². The highest BCUT2D eigenvalue weighted by Gasteiger charge is 2.18. The van der Waals surface area contributed by atoms with E-state index in [1.54, 1.807) is 0 Å². The molecule has 0 amide bonds. The van der Waals surface area contributed by atoms with Gasteiger partial charge in [0.2, 0.25) is 0 Å². The summed E-state index contributed by atoms with van der Waals surface area (Å²) in [4.78, 5) is 0. The summed E-state index contributed by atoms with van der Waals surface area (Å²) in [5.41, 5.74) is 0. The van der Waals surface area contributed by atoms with Crippen molar-refractivity contribution in [2.75, 3.05) is 19.8 Å². The zero-order valence-corrected chi connectivity index (χ0v) is 8.43. The molecule has 2 aliphatic rings. The lowest BCUT2D eigenvalue weighted by Crippen LogP contribution is -2.34. The summed E-state index contributed by atoms with van der Waals surface area (Å²) in [6, 6.07) is 0.814. The molecule has 0 spiro atoms. The van der Waals surface area contributed by atoms with Gasteiger partial charge in [-0.15, -0.1) is 0 Å². The largest absolute Gasteiger partial charge is 0.381 e. The molecule has 0 aromatic rings. The monoisotopic (exact) mass is 183 g/mol. The third kappa shape index (κ3) is 2.96. The fourth-order valence-electron chi connectivity index (χ4n) is 2.38. The summed E-state index contributed by atoms with van der Waals surface area (Å²) in [5.74, 6) is 0.793. The highest BCUT2D eigenvalue weighted by atomic mass is 16.5. The molecule has 1 heterocycles. The molecule has 0 aromatic heterocycles. The van der Waals surface area contributed by atoms with Crippen LogP contribution in [-0.2, 0) is 4.74 Å². The van der Waals surface area contributed by atoms with Crippen LogP contribution in [0.3, 0.4) is 0 Å². The molecule has 2 heteroatoms. The van der Waals surface area contributed by atoms with Crippen molar-refractivity contribution in [3.05, 3.63) is 0 Å². The van der Waals surface area contributed by atoms with Gasteiger partial charge in [0.25, 0.3) is 0 Å². The van der Waals surface area contributed by atoms with Gasteiger partial charge in [-0.05, 0) is 25.2 Å². The first-order valence-electron chi connectivity index (χ1n) is 5.76. The molecular weight excluding hydrogens is 162 g/mol. The SMILES string of the molecule is C1CCC(NC[C@@H]2CCOC2)CC1. The minimum Gasteiger partial charge on any atom is -0.381 e. The van der Waals surface area contributed by atoms with Crippen LogP contribution in [0.25, 0.3) is 0 Å². The fraction of sp³-hybridized carbons (Fsp3) is 1.00. The summed E-state index contributed by atoms with van der Waals surface area (Å²) in [6.45, 7) is 3.15. The van der Waals surface area contributed by atoms with Crippen LogP contribution in [-0.4, -0.2) is 25.8 Å². The lowest BCUT2D eigenvalue weighted by Gasteiger charge is -2.24. The van der Waals surface area contributed by atoms with E-state index in [1.807, 2.05) is 0 Å². The maximum atomic E-state index is 5.36. The maximum Gasteiger partial charge on any atom is 0.0507 e. The Hall–Kier alpha value is -0.0800. The predicted octanol–water partition coefficient (Wildman–Crippen LogP) is 1.95. The Morgan fingerprint density at radius 1 is 1.08 bits per heavy atom. The van der Waals surface area contributed by atoms with Crippen molar-refractivity contribution in [1.29, 1.82) is 0 Å². The highest BCUT2D eigenvalue weighted by Crippen LogP contribution is 2.18. The smallest absolute Gasteiger partial charge is 0.0507 e. The van der Waals surface area contributed by atoms with Crippen LogP contribution < -0.4 is 5.32 Å². The normalized spacial score (nSPS) is 30.9. The Bertz CT molecular complexity index is 137. The Balaban J connectivity index is 1.60. The zero-order chi connectivity index (χ0) is 8.93. The van der Waals surface area contributed by atoms with Gasteiger partial charge in [0.15, 0.2) is 0 Å². The Morgan fingerprint density at radius 2 is 1.92 bits per heavy atom. The van der Waals surface area contributed by atoms with Gasteiger partial charge >= 0.3 is 0 Å². The third-order valence-corrected chi connectivity index (χ3v) is 3.32. The topological polar surface area (TPSA) is 21.3 Å². The van der Waals surface area contributed by atoms with Gasteiger partial charge in [0, 0.05) is 19.2 Å². The quantitative estimate of drug-likeness (QED) is 0.722. The van der Waals surface area contributed by atoms with E-state index in [1.165, 1.54) is 45.1 Å². The van der Waals surface area contributed by atoms with Crippen LogP contribution in [0.5, 0.6) is 0 Å². The number of hydrogen-bond donors (Lipinski definition) is 1. The molecule has 1 saturated heterocycles. The molecule has 1 aliphatic carbocycles. The number of nitrogens with one attached hydrogen (secondary N) is 1. The summed E-state index contributed by atoms with van der Waals surface area (Å²) in [7, 11) is 0. The molecule has 1 aliphatic heterocycles. The molecule has 76 valence electrons. The average molecular weight is 183 g/mol. The lowest BCUT2D eigenvalue weighted by molar-refractivity contribution is 0.184. The van der Waals surface area contributed by atoms with Crippen LogP contribution in [0.4, 0.5) is 0 Å². The molecule has 2 fully saturated rings. The van der Waals surface area contributed by atoms with E-state index >= 15 is 0 Å². The summed E-state index contributed by atoms with van der Waals surface area (Å²) in [6.07, 6.45) is 8.36. The Kier molecular flexibility index (Phi) is 3.62. The molecule has 0 unspecified atom stereocenters. The fourth-order valence-corrected chi connectivity index (χ4v) is 2.38.